The van der Waals surface area contributed by atoms with Crippen molar-refractivity contribution < 1.29 is 23.8 Å². The minimum Gasteiger partial charge on any atom is -0.459 e. The van der Waals surface area contributed by atoms with E-state index in [1.54, 1.807) is 30.3 Å². The molecule has 0 amide bonds. The summed E-state index contributed by atoms with van der Waals surface area (Å²) >= 11 is 0. The van der Waals surface area contributed by atoms with E-state index in [9.17, 15) is 23.9 Å². The van der Waals surface area contributed by atoms with Crippen molar-refractivity contribution in [3.05, 3.63) is 68.7 Å². The van der Waals surface area contributed by atoms with Crippen LogP contribution in [0.5, 0.6) is 0 Å². The molecule has 0 radical (unpaired) electrons. The largest absolute Gasteiger partial charge is 0.459 e. The van der Waals surface area contributed by atoms with Crippen molar-refractivity contribution in [2.24, 2.45) is 0 Å². The van der Waals surface area contributed by atoms with Gasteiger partial charge in [-0.3, -0.25) is 14.3 Å². The Kier molecular flexibility index (Phi) is 4.77. The molecule has 1 aromatic carbocycles. The number of nitrogens with one attached hydrogen (secondary N) is 1. The van der Waals surface area contributed by atoms with Crippen molar-refractivity contribution >= 4 is 5.97 Å². The lowest BCUT2D eigenvalue weighted by Crippen LogP contribution is -2.34. The van der Waals surface area contributed by atoms with Gasteiger partial charge in [-0.05, 0) is 12.1 Å². The average molecular weight is 350 g/mol. The number of hydrogen-bond donors (Lipinski definition) is 2. The van der Waals surface area contributed by atoms with E-state index in [1.807, 2.05) is 4.98 Å². The molecular weight excluding hydrogens is 335 g/mol. The van der Waals surface area contributed by atoms with E-state index in [0.717, 1.165) is 10.8 Å². The summed E-state index contributed by atoms with van der Waals surface area (Å²) in [5.74, 6) is -1.72. The fourth-order valence-corrected chi connectivity index (χ4v) is 2.53. The zero-order chi connectivity index (χ0) is 18.0. The van der Waals surface area contributed by atoms with Gasteiger partial charge in [0.25, 0.3) is 5.56 Å². The summed E-state index contributed by atoms with van der Waals surface area (Å²) < 4.78 is 24.8. The number of esters is 1. The lowest BCUT2D eigenvalue weighted by atomic mass is 10.2. The molecule has 1 aliphatic rings. The van der Waals surface area contributed by atoms with Crippen molar-refractivity contribution in [3.8, 4) is 0 Å². The molecule has 132 valence electrons. The van der Waals surface area contributed by atoms with E-state index in [-0.39, 0.29) is 13.0 Å². The number of carbonyl (C=O) groups excluding carboxylic acids is 1. The second-order valence-corrected chi connectivity index (χ2v) is 5.54. The molecule has 1 saturated heterocycles. The Morgan fingerprint density at radius 3 is 2.80 bits per heavy atom. The average Bonchev–Trinajstić information content (AvgIpc) is 2.97. The summed E-state index contributed by atoms with van der Waals surface area (Å²) in [6.07, 6.45) is -2.17. The lowest BCUT2D eigenvalue weighted by Gasteiger charge is -2.16. The Bertz CT molecular complexity index is 878. The second-order valence-electron chi connectivity index (χ2n) is 5.54. The maximum absolute atomic E-state index is 13.4. The highest BCUT2D eigenvalue weighted by Gasteiger charge is 2.36. The van der Waals surface area contributed by atoms with Gasteiger partial charge in [0.2, 0.25) is 5.82 Å². The van der Waals surface area contributed by atoms with Gasteiger partial charge in [0, 0.05) is 6.42 Å². The molecule has 1 aromatic heterocycles. The highest BCUT2D eigenvalue weighted by atomic mass is 19.1. The third-order valence-electron chi connectivity index (χ3n) is 3.83. The van der Waals surface area contributed by atoms with Gasteiger partial charge in [0.1, 0.15) is 18.9 Å². The van der Waals surface area contributed by atoms with Crippen LogP contribution in [0.4, 0.5) is 4.39 Å². The Hall–Kier alpha value is -2.78. The van der Waals surface area contributed by atoms with Gasteiger partial charge in [-0.15, -0.1) is 0 Å². The summed E-state index contributed by atoms with van der Waals surface area (Å²) in [6, 6.07) is 8.29. The monoisotopic (exact) mass is 350 g/mol. The highest BCUT2D eigenvalue weighted by Crippen LogP contribution is 2.27. The van der Waals surface area contributed by atoms with E-state index in [4.69, 9.17) is 9.47 Å². The summed E-state index contributed by atoms with van der Waals surface area (Å²) in [4.78, 5) is 36.5. The number of ether oxygens (including phenoxy) is 2. The number of benzene rings is 1. The Morgan fingerprint density at radius 2 is 2.08 bits per heavy atom. The molecule has 0 spiro atoms. The van der Waals surface area contributed by atoms with Crippen LogP contribution >= 0.6 is 0 Å². The second kappa shape index (κ2) is 6.99. The third-order valence-corrected chi connectivity index (χ3v) is 3.83. The number of aromatic nitrogens is 2. The van der Waals surface area contributed by atoms with Crippen LogP contribution in [-0.2, 0) is 9.47 Å². The predicted molar refractivity (Wildman–Crippen MR) is 82.5 cm³/mol. The number of aliphatic hydroxyl groups is 1. The van der Waals surface area contributed by atoms with Crippen molar-refractivity contribution in [3.63, 3.8) is 0 Å². The van der Waals surface area contributed by atoms with Crippen LogP contribution in [0.3, 0.4) is 0 Å². The first-order chi connectivity index (χ1) is 12.0. The van der Waals surface area contributed by atoms with Gasteiger partial charge in [0.05, 0.1) is 17.9 Å². The fourth-order valence-electron chi connectivity index (χ4n) is 2.53. The number of aromatic amines is 1. The zero-order valence-corrected chi connectivity index (χ0v) is 12.9. The standard InChI is InChI=1S/C16H15FN2O6/c17-10-7-19(16(23)18-14(10)21)13-6-11(20)12(25-13)8-24-15(22)9-4-2-1-3-5-9/h1-5,7,11-13,20H,6,8H2,(H,18,21,23)/t11-,12+,13+/m0/s1. The Morgan fingerprint density at radius 1 is 1.36 bits per heavy atom. The number of rotatable bonds is 4. The van der Waals surface area contributed by atoms with Crippen molar-refractivity contribution in [1.82, 2.24) is 9.55 Å². The van der Waals surface area contributed by atoms with E-state index in [1.165, 1.54) is 0 Å². The van der Waals surface area contributed by atoms with E-state index < -0.39 is 41.5 Å². The summed E-state index contributed by atoms with van der Waals surface area (Å²) in [6.45, 7) is -0.230. The van der Waals surface area contributed by atoms with Crippen LogP contribution in [-0.4, -0.2) is 39.4 Å². The Labute approximate surface area is 140 Å². The number of aliphatic hydroxyl groups excluding tert-OH is 1. The quantitative estimate of drug-likeness (QED) is 0.761. The van der Waals surface area contributed by atoms with Gasteiger partial charge in [-0.1, -0.05) is 18.2 Å². The van der Waals surface area contributed by atoms with Crippen LogP contribution in [0.2, 0.25) is 0 Å². The lowest BCUT2D eigenvalue weighted by molar-refractivity contribution is -0.0534. The number of carbonyl (C=O) groups is 1. The van der Waals surface area contributed by atoms with Crippen molar-refractivity contribution in [1.29, 1.82) is 0 Å². The van der Waals surface area contributed by atoms with Crippen LogP contribution in [0.1, 0.15) is 23.0 Å². The molecule has 0 saturated carbocycles. The normalized spacial score (nSPS) is 22.7. The molecule has 0 aliphatic carbocycles. The fraction of sp³-hybridized carbons (Fsp3) is 0.312. The topological polar surface area (TPSA) is 111 Å². The van der Waals surface area contributed by atoms with Gasteiger partial charge >= 0.3 is 11.7 Å². The summed E-state index contributed by atoms with van der Waals surface area (Å²) in [5.41, 5.74) is -1.64. The highest BCUT2D eigenvalue weighted by molar-refractivity contribution is 5.89. The molecular formula is C16H15FN2O6. The molecule has 8 nitrogen and oxygen atoms in total. The first-order valence-electron chi connectivity index (χ1n) is 7.52. The third kappa shape index (κ3) is 3.67. The number of halogens is 1. The van der Waals surface area contributed by atoms with Crippen LogP contribution in [0.25, 0.3) is 0 Å². The number of H-pyrrole nitrogens is 1. The van der Waals surface area contributed by atoms with Crippen LogP contribution in [0.15, 0.2) is 46.1 Å². The summed E-state index contributed by atoms with van der Waals surface area (Å²) in [7, 11) is 0. The number of hydrogen-bond acceptors (Lipinski definition) is 6. The van der Waals surface area contributed by atoms with Crippen molar-refractivity contribution in [2.75, 3.05) is 6.61 Å². The van der Waals surface area contributed by atoms with Gasteiger partial charge < -0.3 is 14.6 Å². The molecule has 2 N–H and O–H groups in total. The minimum atomic E-state index is -1.14. The van der Waals surface area contributed by atoms with E-state index in [2.05, 4.69) is 0 Å². The maximum Gasteiger partial charge on any atom is 0.338 e. The molecule has 2 aromatic rings. The molecule has 9 heteroatoms. The SMILES string of the molecule is O=C(OC[C@H]1O[C@@H](n2cc(F)c(=O)[nH]c2=O)C[C@@H]1O)c1ccccc1. The van der Waals surface area contributed by atoms with Gasteiger partial charge in [-0.25, -0.2) is 9.59 Å². The van der Waals surface area contributed by atoms with Crippen LogP contribution in [0, 0.1) is 5.82 Å². The maximum atomic E-state index is 13.4. The number of nitrogens with zero attached hydrogens (tertiary/aromatic N) is 1. The molecule has 3 rings (SSSR count). The molecule has 1 fully saturated rings. The zero-order valence-electron chi connectivity index (χ0n) is 12.9. The van der Waals surface area contributed by atoms with Gasteiger partial charge in [-0.2, -0.15) is 4.39 Å². The molecule has 0 bridgehead atoms. The summed E-state index contributed by atoms with van der Waals surface area (Å²) in [5, 5.41) is 10.0. The molecule has 0 unspecified atom stereocenters. The molecule has 2 heterocycles. The Balaban J connectivity index is 1.66. The molecule has 25 heavy (non-hydrogen) atoms. The van der Waals surface area contributed by atoms with E-state index in [0.29, 0.717) is 5.56 Å². The first kappa shape index (κ1) is 17.1. The molecule has 1 aliphatic heterocycles. The van der Waals surface area contributed by atoms with Gasteiger partial charge in [0.15, 0.2) is 0 Å². The predicted octanol–water partition coefficient (Wildman–Crippen LogP) is 0.181. The van der Waals surface area contributed by atoms with Crippen molar-refractivity contribution in [2.45, 2.75) is 24.9 Å². The first-order valence-corrected chi connectivity index (χ1v) is 7.52. The van der Waals surface area contributed by atoms with Crippen LogP contribution < -0.4 is 11.2 Å². The molecule has 3 atom stereocenters. The minimum absolute atomic E-state index is 0.0149. The van der Waals surface area contributed by atoms with E-state index >= 15 is 0 Å². The smallest absolute Gasteiger partial charge is 0.338 e.